The van der Waals surface area contributed by atoms with E-state index in [1.165, 1.54) is 10.6 Å². The van der Waals surface area contributed by atoms with Crippen molar-refractivity contribution in [3.05, 3.63) is 75.2 Å². The predicted octanol–water partition coefficient (Wildman–Crippen LogP) is 2.31. The van der Waals surface area contributed by atoms with Crippen molar-refractivity contribution < 1.29 is 17.9 Å². The summed E-state index contributed by atoms with van der Waals surface area (Å²) in [6.07, 6.45) is 2.93. The van der Waals surface area contributed by atoms with E-state index in [0.717, 1.165) is 17.2 Å². The molecule has 0 bridgehead atoms. The van der Waals surface area contributed by atoms with Crippen LogP contribution >= 0.6 is 0 Å². The minimum absolute atomic E-state index is 0.0205. The molecule has 0 aliphatic carbocycles. The molecule has 4 rings (SSSR count). The second-order valence-corrected chi connectivity index (χ2v) is 10.4. The molecule has 1 aliphatic rings. The fourth-order valence-corrected chi connectivity index (χ4v) is 5.44. The predicted molar refractivity (Wildman–Crippen MR) is 126 cm³/mol. The highest BCUT2D eigenvalue weighted by Gasteiger charge is 2.30. The highest BCUT2D eigenvalue weighted by Crippen LogP contribution is 2.27. The van der Waals surface area contributed by atoms with E-state index < -0.39 is 27.3 Å². The topological polar surface area (TPSA) is 131 Å². The summed E-state index contributed by atoms with van der Waals surface area (Å²) in [6.45, 7) is 3.80. The van der Waals surface area contributed by atoms with Gasteiger partial charge < -0.3 is 10.1 Å². The first-order valence-electron chi connectivity index (χ1n) is 10.6. The van der Waals surface area contributed by atoms with Crippen molar-refractivity contribution >= 4 is 27.5 Å². The Morgan fingerprint density at radius 3 is 2.76 bits per heavy atom. The number of carbonyl (C=O) groups excluding carboxylic acids is 1. The van der Waals surface area contributed by atoms with Crippen LogP contribution in [-0.2, 0) is 14.6 Å². The van der Waals surface area contributed by atoms with Crippen LogP contribution in [0.15, 0.2) is 53.0 Å². The van der Waals surface area contributed by atoms with Gasteiger partial charge in [0.15, 0.2) is 9.84 Å². The Labute approximate surface area is 196 Å². The van der Waals surface area contributed by atoms with E-state index in [-0.39, 0.29) is 34.9 Å². The Morgan fingerprint density at radius 2 is 2.09 bits per heavy atom. The number of nitrogens with one attached hydrogen (secondary N) is 1. The number of rotatable bonds is 5. The molecule has 9 nitrogen and oxygen atoms in total. The summed E-state index contributed by atoms with van der Waals surface area (Å²) in [5.41, 5.74) is 1.25. The SMILES string of the molecule is Cc1ccc(Oc2nc3ccccn3c(=O)c2/C=C(\C#N)C(=O)NC2CCS(=O)(=O)C2)c(C)c1. The average Bonchev–Trinajstić information content (AvgIpc) is 3.13. The number of nitrogens with zero attached hydrogens (tertiary/aromatic N) is 3. The molecule has 0 saturated carbocycles. The lowest BCUT2D eigenvalue weighted by Gasteiger charge is -2.13. The number of carbonyl (C=O) groups is 1. The van der Waals surface area contributed by atoms with Gasteiger partial charge in [-0.2, -0.15) is 10.2 Å². The quantitative estimate of drug-likeness (QED) is 0.440. The molecule has 1 aliphatic heterocycles. The van der Waals surface area contributed by atoms with Crippen molar-refractivity contribution in [2.24, 2.45) is 0 Å². The van der Waals surface area contributed by atoms with Crippen LogP contribution in [0.25, 0.3) is 11.7 Å². The van der Waals surface area contributed by atoms with Gasteiger partial charge >= 0.3 is 0 Å². The number of hydrogen-bond acceptors (Lipinski definition) is 7. The first-order valence-corrected chi connectivity index (χ1v) is 12.4. The van der Waals surface area contributed by atoms with Crippen LogP contribution in [0.2, 0.25) is 0 Å². The molecule has 1 amide bonds. The molecule has 1 fully saturated rings. The molecule has 0 spiro atoms. The van der Waals surface area contributed by atoms with Crippen molar-refractivity contribution in [2.45, 2.75) is 26.3 Å². The Hall–Kier alpha value is -3.97. The van der Waals surface area contributed by atoms with Gasteiger partial charge in [0.1, 0.15) is 28.6 Å². The van der Waals surface area contributed by atoms with Crippen LogP contribution in [0.3, 0.4) is 0 Å². The largest absolute Gasteiger partial charge is 0.438 e. The Bertz CT molecular complexity index is 1530. The molecule has 1 unspecified atom stereocenters. The number of sulfone groups is 1. The number of aryl methyl sites for hydroxylation is 2. The Morgan fingerprint density at radius 1 is 1.29 bits per heavy atom. The smallest absolute Gasteiger partial charge is 0.269 e. The zero-order valence-electron chi connectivity index (χ0n) is 18.6. The maximum Gasteiger partial charge on any atom is 0.269 e. The molecular weight excluding hydrogens is 456 g/mol. The van der Waals surface area contributed by atoms with Crippen molar-refractivity contribution in [2.75, 3.05) is 11.5 Å². The van der Waals surface area contributed by atoms with Gasteiger partial charge in [0.2, 0.25) is 5.88 Å². The summed E-state index contributed by atoms with van der Waals surface area (Å²) in [7, 11) is -3.21. The summed E-state index contributed by atoms with van der Waals surface area (Å²) in [4.78, 5) is 30.4. The van der Waals surface area contributed by atoms with Gasteiger partial charge in [-0.1, -0.05) is 23.8 Å². The minimum atomic E-state index is -3.21. The number of pyridine rings is 1. The molecule has 1 N–H and O–H groups in total. The maximum absolute atomic E-state index is 13.3. The number of fused-ring (bicyclic) bond motifs is 1. The molecule has 1 aromatic carbocycles. The number of hydrogen-bond donors (Lipinski definition) is 1. The molecule has 10 heteroatoms. The zero-order chi connectivity index (χ0) is 24.5. The van der Waals surface area contributed by atoms with E-state index in [4.69, 9.17) is 4.74 Å². The fraction of sp³-hybridized carbons (Fsp3) is 0.250. The highest BCUT2D eigenvalue weighted by molar-refractivity contribution is 7.91. The first kappa shape index (κ1) is 23.2. The van der Waals surface area contributed by atoms with Crippen molar-refractivity contribution in [3.63, 3.8) is 0 Å². The third kappa shape index (κ3) is 4.84. The van der Waals surface area contributed by atoms with Gasteiger partial charge in [0, 0.05) is 12.2 Å². The van der Waals surface area contributed by atoms with E-state index in [1.807, 2.05) is 26.0 Å². The second-order valence-electron chi connectivity index (χ2n) is 8.18. The van der Waals surface area contributed by atoms with E-state index in [9.17, 15) is 23.3 Å². The lowest BCUT2D eigenvalue weighted by atomic mass is 10.1. The molecule has 174 valence electrons. The molecule has 1 saturated heterocycles. The van der Waals surface area contributed by atoms with Crippen LogP contribution < -0.4 is 15.6 Å². The summed E-state index contributed by atoms with van der Waals surface area (Å²) in [5.74, 6) is -0.537. The summed E-state index contributed by atoms with van der Waals surface area (Å²) in [6, 6.07) is 11.8. The fourth-order valence-electron chi connectivity index (χ4n) is 3.77. The van der Waals surface area contributed by atoms with Gasteiger partial charge in [-0.15, -0.1) is 0 Å². The molecule has 34 heavy (non-hydrogen) atoms. The van der Waals surface area contributed by atoms with E-state index in [0.29, 0.717) is 11.4 Å². The molecule has 1 atom stereocenters. The lowest BCUT2D eigenvalue weighted by Crippen LogP contribution is -2.36. The van der Waals surface area contributed by atoms with E-state index in [1.54, 1.807) is 30.3 Å². The molecule has 3 heterocycles. The number of benzene rings is 1. The standard InChI is InChI=1S/C24H22N4O5S/c1-15-6-7-20(16(2)11-15)33-23-19(24(30)28-9-4-3-5-21(28)27-23)12-17(13-25)22(29)26-18-8-10-34(31,32)14-18/h3-7,9,11-12,18H,8,10,14H2,1-2H3,(H,26,29)/b17-12+. The number of aromatic nitrogens is 2. The molecule has 3 aromatic rings. The first-order chi connectivity index (χ1) is 16.2. The summed E-state index contributed by atoms with van der Waals surface area (Å²) >= 11 is 0. The monoisotopic (exact) mass is 478 g/mol. The van der Waals surface area contributed by atoms with Gasteiger partial charge in [-0.3, -0.25) is 14.0 Å². The number of ether oxygens (including phenoxy) is 1. The molecular formula is C24H22N4O5S. The van der Waals surface area contributed by atoms with E-state index in [2.05, 4.69) is 10.3 Å². The third-order valence-corrected chi connectivity index (χ3v) is 7.26. The maximum atomic E-state index is 13.3. The van der Waals surface area contributed by atoms with Gasteiger partial charge in [-0.05, 0) is 50.1 Å². The van der Waals surface area contributed by atoms with E-state index >= 15 is 0 Å². The van der Waals surface area contributed by atoms with Gasteiger partial charge in [0.25, 0.3) is 11.5 Å². The lowest BCUT2D eigenvalue weighted by molar-refractivity contribution is -0.117. The van der Waals surface area contributed by atoms with Gasteiger partial charge in [0.05, 0.1) is 11.5 Å². The van der Waals surface area contributed by atoms with Crippen molar-refractivity contribution in [1.29, 1.82) is 5.26 Å². The third-order valence-electron chi connectivity index (χ3n) is 5.49. The average molecular weight is 479 g/mol. The van der Waals surface area contributed by atoms with Crippen molar-refractivity contribution in [3.8, 4) is 17.7 Å². The summed E-state index contributed by atoms with van der Waals surface area (Å²) < 4.78 is 30.6. The molecule has 0 radical (unpaired) electrons. The van der Waals surface area contributed by atoms with Crippen LogP contribution in [-0.4, -0.2) is 41.3 Å². The van der Waals surface area contributed by atoms with Crippen LogP contribution in [0.5, 0.6) is 11.6 Å². The van der Waals surface area contributed by atoms with Crippen LogP contribution in [0, 0.1) is 25.2 Å². The van der Waals surface area contributed by atoms with Crippen LogP contribution in [0.1, 0.15) is 23.1 Å². The number of amides is 1. The summed E-state index contributed by atoms with van der Waals surface area (Å²) in [5, 5.41) is 12.2. The van der Waals surface area contributed by atoms with Gasteiger partial charge in [-0.25, -0.2) is 8.42 Å². The van der Waals surface area contributed by atoms with Crippen molar-refractivity contribution in [1.82, 2.24) is 14.7 Å². The Kier molecular flexibility index (Phi) is 6.22. The normalized spacial score (nSPS) is 17.3. The minimum Gasteiger partial charge on any atom is -0.438 e. The molecule has 2 aromatic heterocycles. The Balaban J connectivity index is 1.77. The van der Waals surface area contributed by atoms with Crippen LogP contribution in [0.4, 0.5) is 0 Å². The highest BCUT2D eigenvalue weighted by atomic mass is 32.2. The second kappa shape index (κ2) is 9.11. The number of nitriles is 1. The zero-order valence-corrected chi connectivity index (χ0v) is 19.4.